The van der Waals surface area contributed by atoms with Gasteiger partial charge in [0.25, 0.3) is 5.79 Å². The van der Waals surface area contributed by atoms with Crippen LogP contribution < -0.4 is 0 Å². The summed E-state index contributed by atoms with van der Waals surface area (Å²) in [6.07, 6.45) is -0.139. The van der Waals surface area contributed by atoms with E-state index in [-0.39, 0.29) is 17.8 Å². The number of carbonyl (C=O) groups is 1. The number of hydrogen-bond acceptors (Lipinski definition) is 7. The first-order chi connectivity index (χ1) is 14.3. The molecule has 0 spiro atoms. The molecule has 3 aliphatic heterocycles. The quantitative estimate of drug-likeness (QED) is 0.797. The molecule has 2 saturated heterocycles. The Balaban J connectivity index is 1.54. The van der Waals surface area contributed by atoms with Crippen molar-refractivity contribution in [1.29, 1.82) is 0 Å². The van der Waals surface area contributed by atoms with Crippen molar-refractivity contribution >= 4 is 5.78 Å². The lowest BCUT2D eigenvalue weighted by Gasteiger charge is -2.51. The molecule has 0 bridgehead atoms. The van der Waals surface area contributed by atoms with Crippen LogP contribution in [0.3, 0.4) is 0 Å². The summed E-state index contributed by atoms with van der Waals surface area (Å²) < 4.78 is 29.5. The van der Waals surface area contributed by atoms with E-state index in [2.05, 4.69) is 0 Å². The number of allylic oxidation sites excluding steroid dienone is 3. The fourth-order valence-corrected chi connectivity index (χ4v) is 4.67. The monoisotopic (exact) mass is 414 g/mol. The Labute approximate surface area is 175 Å². The first kappa shape index (κ1) is 19.9. The number of aliphatic hydroxyl groups is 1. The van der Waals surface area contributed by atoms with Gasteiger partial charge in [0.2, 0.25) is 6.29 Å². The lowest BCUT2D eigenvalue weighted by atomic mass is 9.74. The first-order valence-electron chi connectivity index (χ1n) is 10.2. The maximum absolute atomic E-state index is 12.8. The highest BCUT2D eigenvalue weighted by molar-refractivity contribution is 6.00. The van der Waals surface area contributed by atoms with Crippen molar-refractivity contribution in [2.24, 2.45) is 5.41 Å². The Hall–Kier alpha value is -2.03. The van der Waals surface area contributed by atoms with Crippen LogP contribution in [-0.2, 0) is 28.5 Å². The van der Waals surface area contributed by atoms with E-state index in [0.29, 0.717) is 29.7 Å². The predicted molar refractivity (Wildman–Crippen MR) is 105 cm³/mol. The summed E-state index contributed by atoms with van der Waals surface area (Å²) in [6, 6.07) is 9.56. The third-order valence-corrected chi connectivity index (χ3v) is 6.10. The Morgan fingerprint density at radius 3 is 2.63 bits per heavy atom. The number of fused-ring (bicyclic) bond motifs is 3. The van der Waals surface area contributed by atoms with Gasteiger partial charge in [-0.1, -0.05) is 44.2 Å². The average molecular weight is 414 g/mol. The number of benzene rings is 1. The molecule has 5 rings (SSSR count). The average Bonchev–Trinajstić information content (AvgIpc) is 2.71. The highest BCUT2D eigenvalue weighted by atomic mass is 16.8. The number of hydrogen-bond donors (Lipinski definition) is 1. The zero-order valence-corrected chi connectivity index (χ0v) is 17.3. The third kappa shape index (κ3) is 3.13. The molecule has 3 heterocycles. The highest BCUT2D eigenvalue weighted by Crippen LogP contribution is 2.49. The highest BCUT2D eigenvalue weighted by Gasteiger charge is 2.59. The molecule has 7 nitrogen and oxygen atoms in total. The van der Waals surface area contributed by atoms with Crippen LogP contribution in [0.4, 0.5) is 0 Å². The van der Waals surface area contributed by atoms with Gasteiger partial charge in [0, 0.05) is 31.1 Å². The van der Waals surface area contributed by atoms with Crippen molar-refractivity contribution in [3.05, 3.63) is 58.9 Å². The van der Waals surface area contributed by atoms with Gasteiger partial charge in [0.15, 0.2) is 12.1 Å². The molecule has 1 aromatic rings. The van der Waals surface area contributed by atoms with Crippen LogP contribution in [0, 0.1) is 5.41 Å². The van der Waals surface area contributed by atoms with Crippen molar-refractivity contribution in [3.8, 4) is 0 Å². The van der Waals surface area contributed by atoms with Gasteiger partial charge in [0.05, 0.1) is 12.2 Å². The number of carbonyl (C=O) groups excluding carboxylic acids is 1. The van der Waals surface area contributed by atoms with Crippen molar-refractivity contribution in [3.63, 3.8) is 0 Å². The van der Waals surface area contributed by atoms with Crippen molar-refractivity contribution < 1.29 is 33.6 Å². The second-order valence-corrected chi connectivity index (χ2v) is 9.05. The summed E-state index contributed by atoms with van der Waals surface area (Å²) in [4.78, 5) is 12.8. The molecular weight excluding hydrogens is 388 g/mol. The lowest BCUT2D eigenvalue weighted by molar-refractivity contribution is -0.376. The molecule has 0 saturated carbocycles. The molecule has 30 heavy (non-hydrogen) atoms. The predicted octanol–water partition coefficient (Wildman–Crippen LogP) is 2.76. The molecule has 160 valence electrons. The normalized spacial score (nSPS) is 37.5. The van der Waals surface area contributed by atoms with Crippen LogP contribution in [-0.4, -0.2) is 48.9 Å². The fraction of sp³-hybridized carbons (Fsp3) is 0.522. The molecule has 1 aliphatic carbocycles. The van der Waals surface area contributed by atoms with Gasteiger partial charge in [-0.05, 0) is 11.5 Å². The van der Waals surface area contributed by atoms with Gasteiger partial charge in [0.1, 0.15) is 18.0 Å². The van der Waals surface area contributed by atoms with E-state index in [0.717, 1.165) is 5.56 Å². The summed E-state index contributed by atoms with van der Waals surface area (Å²) in [5.41, 5.74) is 1.55. The molecule has 2 fully saturated rings. The van der Waals surface area contributed by atoms with Crippen molar-refractivity contribution in [1.82, 2.24) is 0 Å². The minimum atomic E-state index is -1.87. The number of ether oxygens (including phenoxy) is 5. The van der Waals surface area contributed by atoms with Gasteiger partial charge >= 0.3 is 0 Å². The Bertz CT molecular complexity index is 919. The van der Waals surface area contributed by atoms with Crippen LogP contribution in [0.15, 0.2) is 53.3 Å². The number of ketones is 1. The maximum Gasteiger partial charge on any atom is 0.285 e. The lowest BCUT2D eigenvalue weighted by Crippen LogP contribution is -2.63. The molecule has 1 N–H and O–H groups in total. The zero-order chi connectivity index (χ0) is 21.1. The second-order valence-electron chi connectivity index (χ2n) is 9.05. The minimum Gasteiger partial charge on any atom is -0.457 e. The van der Waals surface area contributed by atoms with Gasteiger partial charge in [-0.2, -0.15) is 0 Å². The van der Waals surface area contributed by atoms with E-state index >= 15 is 0 Å². The van der Waals surface area contributed by atoms with Gasteiger partial charge in [-0.15, -0.1) is 0 Å². The van der Waals surface area contributed by atoms with E-state index in [9.17, 15) is 9.90 Å². The fourth-order valence-electron chi connectivity index (χ4n) is 4.67. The molecule has 4 aliphatic rings. The van der Waals surface area contributed by atoms with E-state index in [1.807, 2.05) is 44.2 Å². The summed E-state index contributed by atoms with van der Waals surface area (Å²) in [6.45, 7) is 4.27. The smallest absolute Gasteiger partial charge is 0.285 e. The molecule has 5 atom stereocenters. The molecule has 0 aromatic heterocycles. The summed E-state index contributed by atoms with van der Waals surface area (Å²) in [5.74, 6) is -1.40. The summed E-state index contributed by atoms with van der Waals surface area (Å²) in [7, 11) is 1.45. The van der Waals surface area contributed by atoms with E-state index < -0.39 is 30.6 Å². The Morgan fingerprint density at radius 1 is 1.13 bits per heavy atom. The molecule has 7 heteroatoms. The van der Waals surface area contributed by atoms with Crippen LogP contribution in [0.1, 0.15) is 38.5 Å². The summed E-state index contributed by atoms with van der Waals surface area (Å²) >= 11 is 0. The molecule has 0 amide bonds. The van der Waals surface area contributed by atoms with Crippen LogP contribution >= 0.6 is 0 Å². The minimum absolute atomic E-state index is 0.000484. The zero-order valence-electron chi connectivity index (χ0n) is 17.3. The third-order valence-electron chi connectivity index (χ3n) is 6.10. The first-order valence-corrected chi connectivity index (χ1v) is 10.2. The van der Waals surface area contributed by atoms with E-state index in [4.69, 9.17) is 23.7 Å². The number of Topliss-reactive ketones (excluding diaryl/α,β-unsaturated/α-hetero) is 1. The van der Waals surface area contributed by atoms with Gasteiger partial charge in [-0.3, -0.25) is 4.79 Å². The Kier molecular flexibility index (Phi) is 4.65. The largest absolute Gasteiger partial charge is 0.457 e. The molecule has 1 aromatic carbocycles. The van der Waals surface area contributed by atoms with Crippen LogP contribution in [0.2, 0.25) is 0 Å². The van der Waals surface area contributed by atoms with Crippen molar-refractivity contribution in [2.75, 3.05) is 13.7 Å². The number of rotatable bonds is 2. The van der Waals surface area contributed by atoms with Crippen LogP contribution in [0.5, 0.6) is 0 Å². The Morgan fingerprint density at radius 2 is 1.90 bits per heavy atom. The topological polar surface area (TPSA) is 83.5 Å². The van der Waals surface area contributed by atoms with Crippen molar-refractivity contribution in [2.45, 2.75) is 57.3 Å². The van der Waals surface area contributed by atoms with Crippen LogP contribution in [0.25, 0.3) is 0 Å². The molecular formula is C23H26O7. The van der Waals surface area contributed by atoms with E-state index in [1.54, 1.807) is 6.08 Å². The number of methoxy groups -OCH3 is 1. The SMILES string of the molecule is CO[C@H]1O[C@@H]2CO[C@@H](c3ccccc3)O[C@H]2C2=CC3=C(CC(C)(C)CC3=O)O[C@]21O. The molecule has 0 unspecified atom stereocenters. The second kappa shape index (κ2) is 7.00. The van der Waals surface area contributed by atoms with Gasteiger partial charge in [-0.25, -0.2) is 0 Å². The standard InChI is InChI=1S/C23H26O7/c1-22(2)10-16(24)14-9-15-19-18(12-27-20(29-19)13-7-5-4-6-8-13)28-21(26-3)23(15,25)30-17(14)11-22/h4-9,18-21,25H,10-12H2,1-3H3/t18-,19+,20-,21+,23-/m1/s1. The molecule has 0 radical (unpaired) electrons. The van der Waals surface area contributed by atoms with E-state index in [1.165, 1.54) is 7.11 Å². The summed E-state index contributed by atoms with van der Waals surface area (Å²) in [5, 5.41) is 11.5. The van der Waals surface area contributed by atoms with Gasteiger partial charge < -0.3 is 28.8 Å². The maximum atomic E-state index is 12.8.